The van der Waals surface area contributed by atoms with Crippen LogP contribution in [0.1, 0.15) is 58.5 Å². The number of alkyl halides is 6. The minimum atomic E-state index is -4.83. The highest BCUT2D eigenvalue weighted by atomic mass is 32.1. The molecule has 4 aromatic rings. The van der Waals surface area contributed by atoms with E-state index in [2.05, 4.69) is 15.4 Å². The molecular formula is C23H17F6N5O3S. The van der Waals surface area contributed by atoms with Crippen molar-refractivity contribution in [3.63, 3.8) is 0 Å². The fourth-order valence-corrected chi connectivity index (χ4v) is 5.05. The third-order valence-electron chi connectivity index (χ3n) is 6.01. The molecule has 0 bridgehead atoms. The molecule has 0 spiro atoms. The molecule has 1 unspecified atom stereocenters. The third-order valence-corrected chi connectivity index (χ3v) is 7.11. The molecule has 0 radical (unpaired) electrons. The number of furan rings is 1. The maximum atomic E-state index is 13.6. The number of amides is 2. The molecule has 3 N–H and O–H groups in total. The Hall–Kier alpha value is -3.88. The lowest BCUT2D eigenvalue weighted by Crippen LogP contribution is -2.27. The van der Waals surface area contributed by atoms with Gasteiger partial charge in [-0.3, -0.25) is 14.3 Å². The van der Waals surface area contributed by atoms with Gasteiger partial charge in [0.05, 0.1) is 12.0 Å². The van der Waals surface area contributed by atoms with Crippen LogP contribution < -0.4 is 11.1 Å². The number of anilines is 1. The molecule has 15 heteroatoms. The summed E-state index contributed by atoms with van der Waals surface area (Å²) in [4.78, 5) is 28.6. The number of hydrogen-bond donors (Lipinski definition) is 2. The van der Waals surface area contributed by atoms with Gasteiger partial charge in [-0.05, 0) is 44.0 Å². The van der Waals surface area contributed by atoms with Gasteiger partial charge in [-0.1, -0.05) is 0 Å². The van der Waals surface area contributed by atoms with Crippen LogP contribution in [0.4, 0.5) is 32.0 Å². The largest absolute Gasteiger partial charge is 0.464 e. The summed E-state index contributed by atoms with van der Waals surface area (Å²) in [7, 11) is 0. The number of carbonyl (C=O) groups excluding carboxylic acids is 2. The van der Waals surface area contributed by atoms with E-state index in [1.807, 2.05) is 0 Å². The molecule has 8 nitrogen and oxygen atoms in total. The van der Waals surface area contributed by atoms with E-state index in [1.54, 1.807) is 0 Å². The molecule has 1 saturated carbocycles. The average molecular weight is 557 g/mol. The Morgan fingerprint density at radius 3 is 2.39 bits per heavy atom. The van der Waals surface area contributed by atoms with Crippen molar-refractivity contribution in [1.29, 1.82) is 0 Å². The van der Waals surface area contributed by atoms with Crippen molar-refractivity contribution in [3.8, 4) is 11.3 Å². The summed E-state index contributed by atoms with van der Waals surface area (Å²) in [6.45, 7) is 1.32. The van der Waals surface area contributed by atoms with Gasteiger partial charge in [0.1, 0.15) is 27.2 Å². The molecule has 1 aliphatic rings. The van der Waals surface area contributed by atoms with Crippen LogP contribution in [0, 0.1) is 0 Å². The van der Waals surface area contributed by atoms with Crippen LogP contribution in [0.15, 0.2) is 34.9 Å². The van der Waals surface area contributed by atoms with Crippen LogP contribution in [-0.2, 0) is 17.1 Å². The molecule has 2 amide bonds. The number of thiophene rings is 1. The number of hydrogen-bond acceptors (Lipinski definition) is 6. The molecule has 38 heavy (non-hydrogen) atoms. The number of pyridine rings is 1. The first-order chi connectivity index (χ1) is 17.8. The highest BCUT2D eigenvalue weighted by Gasteiger charge is 2.40. The number of aromatic nitrogens is 3. The van der Waals surface area contributed by atoms with E-state index < -0.39 is 41.6 Å². The molecule has 0 aromatic carbocycles. The van der Waals surface area contributed by atoms with Crippen molar-refractivity contribution in [1.82, 2.24) is 14.8 Å². The lowest BCUT2D eigenvalue weighted by atomic mass is 10.1. The first kappa shape index (κ1) is 25.8. The van der Waals surface area contributed by atoms with Crippen LogP contribution in [0.2, 0.25) is 0 Å². The van der Waals surface area contributed by atoms with Crippen LogP contribution in [0.5, 0.6) is 0 Å². The first-order valence-electron chi connectivity index (χ1n) is 11.1. The SMILES string of the molecule is CC(C(=O)Nc1c(C(N)=O)sc2nc(C(F)(F)F)cc(-c3ccco3)c12)n1nc(C(F)(F)F)cc1C1CC1. The van der Waals surface area contributed by atoms with E-state index >= 15 is 0 Å². The Balaban J connectivity index is 1.62. The van der Waals surface area contributed by atoms with Crippen molar-refractivity contribution in [2.45, 2.75) is 44.1 Å². The van der Waals surface area contributed by atoms with Gasteiger partial charge < -0.3 is 15.5 Å². The second-order valence-corrected chi connectivity index (χ2v) is 9.72. The quantitative estimate of drug-likeness (QED) is 0.284. The molecule has 200 valence electrons. The third kappa shape index (κ3) is 4.61. The van der Waals surface area contributed by atoms with Gasteiger partial charge in [0.2, 0.25) is 5.91 Å². The van der Waals surface area contributed by atoms with E-state index in [4.69, 9.17) is 10.2 Å². The molecule has 5 rings (SSSR count). The van der Waals surface area contributed by atoms with Crippen LogP contribution in [-0.4, -0.2) is 26.6 Å². The van der Waals surface area contributed by atoms with E-state index in [-0.39, 0.29) is 43.7 Å². The minimum absolute atomic E-state index is 0.00168. The van der Waals surface area contributed by atoms with Crippen molar-refractivity contribution in [3.05, 3.63) is 52.5 Å². The zero-order valence-corrected chi connectivity index (χ0v) is 20.1. The first-order valence-corrected chi connectivity index (χ1v) is 11.9. The smallest absolute Gasteiger partial charge is 0.435 e. The Morgan fingerprint density at radius 2 is 1.84 bits per heavy atom. The summed E-state index contributed by atoms with van der Waals surface area (Å²) in [5, 5.41) is 6.04. The summed E-state index contributed by atoms with van der Waals surface area (Å²) >= 11 is 0.536. The summed E-state index contributed by atoms with van der Waals surface area (Å²) in [5.41, 5.74) is 2.95. The molecule has 1 fully saturated rings. The molecule has 0 aliphatic heterocycles. The summed E-state index contributed by atoms with van der Waals surface area (Å²) in [5.74, 6) is -2.10. The topological polar surface area (TPSA) is 116 Å². The van der Waals surface area contributed by atoms with E-state index in [0.717, 1.165) is 10.7 Å². The lowest BCUT2D eigenvalue weighted by molar-refractivity contribution is -0.142. The average Bonchev–Trinajstić information content (AvgIpc) is 3.23. The minimum Gasteiger partial charge on any atom is -0.464 e. The van der Waals surface area contributed by atoms with E-state index in [1.165, 1.54) is 25.3 Å². The summed E-state index contributed by atoms with van der Waals surface area (Å²) in [6, 6.07) is 3.16. The van der Waals surface area contributed by atoms with Gasteiger partial charge in [-0.25, -0.2) is 4.98 Å². The van der Waals surface area contributed by atoms with Gasteiger partial charge >= 0.3 is 12.4 Å². The number of halogens is 6. The number of nitrogens with two attached hydrogens (primary N) is 1. The molecule has 4 aromatic heterocycles. The van der Waals surface area contributed by atoms with Crippen LogP contribution in [0.25, 0.3) is 21.5 Å². The van der Waals surface area contributed by atoms with Crippen molar-refractivity contribution >= 4 is 39.1 Å². The number of nitrogens with zero attached hydrogens (tertiary/aromatic N) is 3. The van der Waals surface area contributed by atoms with E-state index in [0.29, 0.717) is 30.2 Å². The van der Waals surface area contributed by atoms with Gasteiger partial charge in [-0.2, -0.15) is 31.4 Å². The van der Waals surface area contributed by atoms with Crippen molar-refractivity contribution < 1.29 is 40.3 Å². The number of primary amides is 1. The number of fused-ring (bicyclic) bond motifs is 1. The Bertz CT molecular complexity index is 1550. The Morgan fingerprint density at radius 1 is 1.16 bits per heavy atom. The zero-order valence-electron chi connectivity index (χ0n) is 19.3. The standard InChI is InChI=1S/C23H17F6N5O3S/c1-9(34-12(10-4-5-10)8-15(33-34)23(27,28)29)20(36)32-17-16-11(13-3-2-6-37-13)7-14(22(24,25)26)31-21(16)38-18(17)19(30)35/h2-3,6-10H,4-5H2,1H3,(H2,30,35)(H,32,36). The van der Waals surface area contributed by atoms with Gasteiger partial charge in [-0.15, -0.1) is 11.3 Å². The Kier molecular flexibility index (Phi) is 6.00. The van der Waals surface area contributed by atoms with Crippen molar-refractivity contribution in [2.75, 3.05) is 5.32 Å². The lowest BCUT2D eigenvalue weighted by Gasteiger charge is -2.17. The van der Waals surface area contributed by atoms with Gasteiger partial charge in [0.15, 0.2) is 5.69 Å². The fourth-order valence-electron chi connectivity index (χ4n) is 4.04. The number of rotatable bonds is 6. The second kappa shape index (κ2) is 8.85. The Labute approximate surface area is 213 Å². The highest BCUT2D eigenvalue weighted by molar-refractivity contribution is 7.21. The number of carbonyl (C=O) groups is 2. The van der Waals surface area contributed by atoms with Crippen LogP contribution in [0.3, 0.4) is 0 Å². The monoisotopic (exact) mass is 557 g/mol. The summed E-state index contributed by atoms with van der Waals surface area (Å²) in [6.07, 6.45) is -7.06. The second-order valence-electron chi connectivity index (χ2n) is 8.72. The van der Waals surface area contributed by atoms with E-state index in [9.17, 15) is 35.9 Å². The summed E-state index contributed by atoms with van der Waals surface area (Å²) < 4.78 is 86.9. The fraction of sp³-hybridized carbons (Fsp3) is 0.304. The maximum Gasteiger partial charge on any atom is 0.435 e. The predicted molar refractivity (Wildman–Crippen MR) is 123 cm³/mol. The molecule has 1 aliphatic carbocycles. The number of nitrogens with one attached hydrogen (secondary N) is 1. The zero-order chi connectivity index (χ0) is 27.6. The molecule has 4 heterocycles. The predicted octanol–water partition coefficient (Wildman–Crippen LogP) is 5.97. The molecule has 1 atom stereocenters. The highest BCUT2D eigenvalue weighted by Crippen LogP contribution is 2.45. The molecular weight excluding hydrogens is 540 g/mol. The van der Waals surface area contributed by atoms with Gasteiger partial charge in [0.25, 0.3) is 5.91 Å². The normalized spacial score (nSPS) is 15.1. The van der Waals surface area contributed by atoms with Gasteiger partial charge in [0, 0.05) is 22.6 Å². The molecule has 0 saturated heterocycles. The maximum absolute atomic E-state index is 13.6. The van der Waals surface area contributed by atoms with Crippen molar-refractivity contribution in [2.24, 2.45) is 5.73 Å². The van der Waals surface area contributed by atoms with Crippen LogP contribution >= 0.6 is 11.3 Å².